The van der Waals surface area contributed by atoms with Gasteiger partial charge in [-0.25, -0.2) is 0 Å². The van der Waals surface area contributed by atoms with Crippen LogP contribution in [-0.4, -0.2) is 252 Å². The smallest absolute Gasteiger partial charge is 0.315 e. The van der Waals surface area contributed by atoms with Crippen molar-refractivity contribution in [3.05, 3.63) is 23.8 Å². The average Bonchev–Trinajstić information content (AvgIpc) is 0.795. The van der Waals surface area contributed by atoms with E-state index in [1.165, 1.54) is 19.4 Å². The summed E-state index contributed by atoms with van der Waals surface area (Å²) in [6.45, 7) is 16.1. The molecule has 26 heteroatoms. The molecule has 5 aliphatic heterocycles. The molecule has 0 aromatic heterocycles. The number of ether oxygens (including phenoxy) is 11. The molecule has 5 saturated heterocycles. The van der Waals surface area contributed by atoms with Crippen molar-refractivity contribution in [3.63, 3.8) is 0 Å². The SMILES string of the molecule is C=C1CCC2(C(=O)OC3OC(COC4OC(COC(C)=O)C(OC5OC(C)C(O)C(O)C5O)C(O)C4O)C(O)C(O)C3O)CCC3(C)C(=CCC4C3CCC3C(C)(C)C(OC5OCC(O)C(O)C5OC5OC(C)C(O)C(O)C5O)CCC43C)C2C1. The highest BCUT2D eigenvalue weighted by molar-refractivity contribution is 5.79. The fraction of sp³-hybridized carbons (Fsp3) is 0.898. The summed E-state index contributed by atoms with van der Waals surface area (Å²) in [4.78, 5) is 27.0. The number of allylic oxidation sites excluding steroid dienone is 3. The van der Waals surface area contributed by atoms with Gasteiger partial charge in [0.2, 0.25) is 6.29 Å². The van der Waals surface area contributed by atoms with Crippen LogP contribution in [0.15, 0.2) is 23.8 Å². The molecule has 5 heterocycles. The minimum atomic E-state index is -1.92. The Morgan fingerprint density at radius 2 is 1.20 bits per heavy atom. The summed E-state index contributed by atoms with van der Waals surface area (Å²) in [5.41, 5.74) is 0.200. The van der Waals surface area contributed by atoms with Gasteiger partial charge in [0, 0.05) is 12.8 Å². The lowest BCUT2D eigenvalue weighted by molar-refractivity contribution is -0.364. The predicted molar refractivity (Wildman–Crippen MR) is 287 cm³/mol. The topological polar surface area (TPSA) is 399 Å². The Bertz CT molecular complexity index is 2410. The lowest BCUT2D eigenvalue weighted by Gasteiger charge is -2.67. The molecule has 0 amide bonds. The Morgan fingerprint density at radius 1 is 0.600 bits per heavy atom. The summed E-state index contributed by atoms with van der Waals surface area (Å²) in [5, 5.41) is 141. The lowest BCUT2D eigenvalue weighted by atomic mass is 9.38. The molecule has 484 valence electrons. The molecule has 0 aromatic carbocycles. The Kier molecular flexibility index (Phi) is 19.2. The van der Waals surface area contributed by atoms with E-state index in [1.54, 1.807) is 0 Å². The van der Waals surface area contributed by atoms with Gasteiger partial charge in [-0.2, -0.15) is 0 Å². The molecule has 0 bridgehead atoms. The standard InChI is InChI=1S/C59H92O26/c1-23-13-16-59(55(74)85-53-46(72)42(68)39(65)32(80-53)21-77-50-47(73)43(69)48(33(81-50)22-75-26(4)60)83-51-44(70)40(66)36(62)24(2)78-51)18-17-57(7)27-11-12-34-56(5,6)35(14-15-58(34,8)28(27)9-10-29(57)30(59)19-23)82-54-49(38(64)31(61)20-76-54)84-52-45(71)41(67)37(63)25(3)79-52/h10,24-25,27-28,30-54,61-73H,1,9,11-22H2,2-8H3. The van der Waals surface area contributed by atoms with Gasteiger partial charge < -0.3 is 118 Å². The molecular weight excluding hydrogens is 1120 g/mol. The second kappa shape index (κ2) is 25.0. The van der Waals surface area contributed by atoms with Gasteiger partial charge in [-0.15, -0.1) is 0 Å². The minimum Gasteiger partial charge on any atom is -0.463 e. The lowest BCUT2D eigenvalue weighted by Crippen LogP contribution is -2.65. The molecule has 0 radical (unpaired) electrons. The van der Waals surface area contributed by atoms with Crippen LogP contribution in [0.1, 0.15) is 113 Å². The van der Waals surface area contributed by atoms with Gasteiger partial charge in [0.25, 0.3) is 0 Å². The fourth-order valence-electron chi connectivity index (χ4n) is 16.8. The maximum Gasteiger partial charge on any atom is 0.315 e. The highest BCUT2D eigenvalue weighted by Crippen LogP contribution is 2.71. The van der Waals surface area contributed by atoms with E-state index in [0.29, 0.717) is 38.5 Å². The predicted octanol–water partition coefficient (Wildman–Crippen LogP) is -1.81. The summed E-state index contributed by atoms with van der Waals surface area (Å²) in [6.07, 6.45) is -28.9. The molecule has 0 aromatic rings. The summed E-state index contributed by atoms with van der Waals surface area (Å²) in [7, 11) is 0. The van der Waals surface area contributed by atoms with E-state index < -0.39 is 183 Å². The zero-order valence-electron chi connectivity index (χ0n) is 49.3. The third-order valence-corrected chi connectivity index (χ3v) is 21.9. The Balaban J connectivity index is 0.809. The van der Waals surface area contributed by atoms with E-state index in [-0.39, 0.29) is 47.2 Å². The summed E-state index contributed by atoms with van der Waals surface area (Å²) in [5.74, 6) is -1.01. The second-order valence-corrected chi connectivity index (χ2v) is 27.2. The first-order valence-corrected chi connectivity index (χ1v) is 30.3. The van der Waals surface area contributed by atoms with E-state index in [9.17, 15) is 71.2 Å². The van der Waals surface area contributed by atoms with Crippen molar-refractivity contribution < 1.29 is 128 Å². The van der Waals surface area contributed by atoms with Crippen LogP contribution in [0.4, 0.5) is 0 Å². The zero-order valence-corrected chi connectivity index (χ0v) is 49.3. The average molecular weight is 1220 g/mol. The highest BCUT2D eigenvalue weighted by Gasteiger charge is 2.66. The van der Waals surface area contributed by atoms with Crippen LogP contribution < -0.4 is 0 Å². The van der Waals surface area contributed by atoms with Gasteiger partial charge in [-0.05, 0) is 112 Å². The van der Waals surface area contributed by atoms with E-state index in [0.717, 1.165) is 38.2 Å². The quantitative estimate of drug-likeness (QED) is 0.0549. The van der Waals surface area contributed by atoms with Crippen LogP contribution in [0.2, 0.25) is 0 Å². The van der Waals surface area contributed by atoms with E-state index in [4.69, 9.17) is 52.1 Å². The van der Waals surface area contributed by atoms with Crippen molar-refractivity contribution in [2.75, 3.05) is 19.8 Å². The Hall–Kier alpha value is -2.46. The molecule has 10 rings (SSSR count). The van der Waals surface area contributed by atoms with Crippen molar-refractivity contribution in [2.45, 2.75) is 266 Å². The fourth-order valence-corrected chi connectivity index (χ4v) is 16.8. The van der Waals surface area contributed by atoms with E-state index >= 15 is 4.79 Å². The Morgan fingerprint density at radius 3 is 1.85 bits per heavy atom. The van der Waals surface area contributed by atoms with Crippen LogP contribution in [0.25, 0.3) is 0 Å². The van der Waals surface area contributed by atoms with Gasteiger partial charge >= 0.3 is 11.9 Å². The molecule has 5 aliphatic carbocycles. The number of carbonyl (C=O) groups excluding carboxylic acids is 2. The molecule has 32 atom stereocenters. The summed E-state index contributed by atoms with van der Waals surface area (Å²) < 4.78 is 64.9. The van der Waals surface area contributed by atoms with Crippen molar-refractivity contribution >= 4 is 11.9 Å². The molecule has 13 N–H and O–H groups in total. The maximum absolute atomic E-state index is 15.1. The van der Waals surface area contributed by atoms with Gasteiger partial charge in [-0.3, -0.25) is 9.59 Å². The highest BCUT2D eigenvalue weighted by atomic mass is 16.8. The van der Waals surface area contributed by atoms with Crippen LogP contribution in [0.3, 0.4) is 0 Å². The van der Waals surface area contributed by atoms with E-state index in [2.05, 4.69) is 40.3 Å². The van der Waals surface area contributed by atoms with Gasteiger partial charge in [0.05, 0.1) is 36.9 Å². The van der Waals surface area contributed by atoms with Crippen LogP contribution in [0.5, 0.6) is 0 Å². The van der Waals surface area contributed by atoms with Crippen LogP contribution >= 0.6 is 0 Å². The largest absolute Gasteiger partial charge is 0.463 e. The molecule has 10 aliphatic rings. The van der Waals surface area contributed by atoms with Crippen LogP contribution in [0, 0.1) is 45.3 Å². The minimum absolute atomic E-state index is 0.151. The third-order valence-electron chi connectivity index (χ3n) is 21.9. The van der Waals surface area contributed by atoms with Gasteiger partial charge in [0.1, 0.15) is 110 Å². The molecular formula is C59H92O26. The normalized spacial score (nSPS) is 52.5. The van der Waals surface area contributed by atoms with Crippen LogP contribution in [-0.2, 0) is 61.7 Å². The van der Waals surface area contributed by atoms with Crippen molar-refractivity contribution in [3.8, 4) is 0 Å². The first-order chi connectivity index (χ1) is 39.9. The molecule has 32 unspecified atom stereocenters. The van der Waals surface area contributed by atoms with Crippen molar-refractivity contribution in [2.24, 2.45) is 45.3 Å². The van der Waals surface area contributed by atoms with Gasteiger partial charge in [0.15, 0.2) is 25.2 Å². The third kappa shape index (κ3) is 11.7. The molecule has 0 spiro atoms. The Labute approximate surface area is 493 Å². The van der Waals surface area contributed by atoms with Gasteiger partial charge in [-0.1, -0.05) is 51.5 Å². The molecule has 9 fully saturated rings. The number of aliphatic hydroxyl groups is 13. The zero-order chi connectivity index (χ0) is 61.7. The number of aliphatic hydroxyl groups excluding tert-OH is 13. The first-order valence-electron chi connectivity index (χ1n) is 30.3. The second-order valence-electron chi connectivity index (χ2n) is 27.2. The number of rotatable bonds is 13. The maximum atomic E-state index is 15.1. The number of hydrogen-bond donors (Lipinski definition) is 13. The molecule has 85 heavy (non-hydrogen) atoms. The molecule has 26 nitrogen and oxygen atoms in total. The number of carbonyl (C=O) groups is 2. The number of hydrogen-bond acceptors (Lipinski definition) is 26. The summed E-state index contributed by atoms with van der Waals surface area (Å²) in [6, 6.07) is 0. The van der Waals surface area contributed by atoms with E-state index in [1.807, 2.05) is 0 Å². The summed E-state index contributed by atoms with van der Waals surface area (Å²) >= 11 is 0. The number of fused-ring (bicyclic) bond motifs is 7. The van der Waals surface area contributed by atoms with Crippen molar-refractivity contribution in [1.82, 2.24) is 0 Å². The monoisotopic (exact) mass is 1220 g/mol. The number of esters is 2. The van der Waals surface area contributed by atoms with Crippen molar-refractivity contribution in [1.29, 1.82) is 0 Å². The molecule has 4 saturated carbocycles. The first kappa shape index (κ1) is 65.5.